The van der Waals surface area contributed by atoms with E-state index in [-0.39, 0.29) is 22.9 Å². The van der Waals surface area contributed by atoms with E-state index < -0.39 is 15.8 Å². The van der Waals surface area contributed by atoms with Gasteiger partial charge in [0.2, 0.25) is 0 Å². The monoisotopic (exact) mass is 305 g/mol. The molecular formula is C12H16ClNO4S. The number of carbonyl (C=O) groups is 1. The van der Waals surface area contributed by atoms with Crippen LogP contribution in [-0.2, 0) is 9.84 Å². The number of hydrogen-bond donors (Lipinski definition) is 2. The van der Waals surface area contributed by atoms with Gasteiger partial charge in [0.05, 0.1) is 17.1 Å². The fraction of sp³-hybridized carbons (Fsp3) is 0.417. The second-order valence-electron chi connectivity index (χ2n) is 4.01. The van der Waals surface area contributed by atoms with E-state index in [2.05, 4.69) is 5.32 Å². The van der Waals surface area contributed by atoms with Crippen molar-refractivity contribution in [1.82, 2.24) is 0 Å². The highest BCUT2D eigenvalue weighted by atomic mass is 35.5. The fourth-order valence-corrected chi connectivity index (χ4v) is 3.24. The van der Waals surface area contributed by atoms with Gasteiger partial charge in [-0.2, -0.15) is 0 Å². The number of alkyl halides is 1. The van der Waals surface area contributed by atoms with Crippen LogP contribution in [0.25, 0.3) is 0 Å². The Labute approximate surface area is 117 Å². The van der Waals surface area contributed by atoms with Crippen LogP contribution in [0.5, 0.6) is 0 Å². The molecule has 0 aromatic heterocycles. The van der Waals surface area contributed by atoms with Gasteiger partial charge in [-0.05, 0) is 24.6 Å². The first-order chi connectivity index (χ1) is 8.94. The highest BCUT2D eigenvalue weighted by Gasteiger charge is 2.09. The molecule has 1 aromatic rings. The molecule has 0 bridgehead atoms. The highest BCUT2D eigenvalue weighted by Crippen LogP contribution is 2.10. The van der Waals surface area contributed by atoms with Crippen molar-refractivity contribution < 1.29 is 18.3 Å². The van der Waals surface area contributed by atoms with Crippen molar-refractivity contribution in [2.45, 2.75) is 6.42 Å². The average molecular weight is 306 g/mol. The number of hydrogen-bond acceptors (Lipinski definition) is 4. The van der Waals surface area contributed by atoms with Crippen molar-refractivity contribution >= 4 is 33.1 Å². The molecule has 0 aliphatic heterocycles. The molecular weight excluding hydrogens is 290 g/mol. The lowest BCUT2D eigenvalue weighted by Gasteiger charge is -2.07. The van der Waals surface area contributed by atoms with E-state index in [0.717, 1.165) is 0 Å². The second kappa shape index (κ2) is 7.35. The Kier molecular flexibility index (Phi) is 6.11. The van der Waals surface area contributed by atoms with E-state index in [9.17, 15) is 13.2 Å². The van der Waals surface area contributed by atoms with E-state index in [4.69, 9.17) is 16.7 Å². The van der Waals surface area contributed by atoms with Crippen molar-refractivity contribution in [2.75, 3.05) is 29.2 Å². The van der Waals surface area contributed by atoms with E-state index in [1.54, 1.807) is 12.1 Å². The van der Waals surface area contributed by atoms with Gasteiger partial charge < -0.3 is 10.4 Å². The van der Waals surface area contributed by atoms with Gasteiger partial charge in [-0.1, -0.05) is 6.07 Å². The zero-order valence-corrected chi connectivity index (χ0v) is 11.9. The quantitative estimate of drug-likeness (QED) is 0.565. The van der Waals surface area contributed by atoms with Crippen LogP contribution in [-0.4, -0.2) is 43.4 Å². The van der Waals surface area contributed by atoms with Crippen molar-refractivity contribution in [3.63, 3.8) is 0 Å². The molecule has 5 nitrogen and oxygen atoms in total. The van der Waals surface area contributed by atoms with Gasteiger partial charge in [0.1, 0.15) is 0 Å². The van der Waals surface area contributed by atoms with Crippen LogP contribution in [0.2, 0.25) is 0 Å². The molecule has 7 heteroatoms. The predicted molar refractivity (Wildman–Crippen MR) is 75.9 cm³/mol. The highest BCUT2D eigenvalue weighted by molar-refractivity contribution is 7.91. The molecule has 0 heterocycles. The van der Waals surface area contributed by atoms with Crippen LogP contribution in [0.4, 0.5) is 5.69 Å². The maximum Gasteiger partial charge on any atom is 0.335 e. The Balaban J connectivity index is 2.42. The minimum atomic E-state index is -3.07. The van der Waals surface area contributed by atoms with Gasteiger partial charge in [-0.25, -0.2) is 13.2 Å². The van der Waals surface area contributed by atoms with Gasteiger partial charge in [-0.3, -0.25) is 0 Å². The predicted octanol–water partition coefficient (Wildman–Crippen LogP) is 1.84. The number of anilines is 1. The van der Waals surface area contributed by atoms with Crippen molar-refractivity contribution in [2.24, 2.45) is 0 Å². The summed E-state index contributed by atoms with van der Waals surface area (Å²) >= 11 is 5.39. The Morgan fingerprint density at radius 2 is 2.05 bits per heavy atom. The number of rotatable bonds is 8. The summed E-state index contributed by atoms with van der Waals surface area (Å²) in [5, 5.41) is 11.8. The number of nitrogens with one attached hydrogen (secondary N) is 1. The largest absolute Gasteiger partial charge is 0.478 e. The second-order valence-corrected chi connectivity index (χ2v) is 6.69. The van der Waals surface area contributed by atoms with Crippen LogP contribution in [0.15, 0.2) is 24.3 Å². The molecule has 0 saturated carbocycles. The first-order valence-corrected chi connectivity index (χ1v) is 8.14. The molecule has 2 N–H and O–H groups in total. The third-order valence-corrected chi connectivity index (χ3v) is 4.61. The van der Waals surface area contributed by atoms with Crippen molar-refractivity contribution in [3.8, 4) is 0 Å². The number of halogens is 1. The third kappa shape index (κ3) is 5.94. The first kappa shape index (κ1) is 15.8. The van der Waals surface area contributed by atoms with E-state index >= 15 is 0 Å². The molecule has 1 rings (SSSR count). The molecule has 19 heavy (non-hydrogen) atoms. The topological polar surface area (TPSA) is 83.5 Å². The molecule has 1 aromatic carbocycles. The van der Waals surface area contributed by atoms with Gasteiger partial charge in [-0.15, -0.1) is 11.6 Å². The lowest BCUT2D eigenvalue weighted by Crippen LogP contribution is -2.15. The molecule has 0 aliphatic rings. The summed E-state index contributed by atoms with van der Waals surface area (Å²) in [7, 11) is -3.07. The molecule has 0 amide bonds. The molecule has 0 unspecified atom stereocenters. The van der Waals surface area contributed by atoms with Gasteiger partial charge in [0, 0.05) is 18.1 Å². The van der Waals surface area contributed by atoms with Gasteiger partial charge in [0.15, 0.2) is 9.84 Å². The normalized spacial score (nSPS) is 11.2. The number of aromatic carboxylic acids is 1. The number of carboxylic acid groups (broad SMARTS) is 1. The van der Waals surface area contributed by atoms with Crippen LogP contribution in [0.3, 0.4) is 0 Å². The summed E-state index contributed by atoms with van der Waals surface area (Å²) in [6, 6.07) is 6.38. The fourth-order valence-electron chi connectivity index (χ4n) is 1.51. The molecule has 0 atom stereocenters. The van der Waals surface area contributed by atoms with Crippen LogP contribution < -0.4 is 5.32 Å². The summed E-state index contributed by atoms with van der Waals surface area (Å²) in [6.45, 7) is 0.463. The summed E-state index contributed by atoms with van der Waals surface area (Å²) in [6.07, 6.45) is 0.455. The standard InChI is InChI=1S/C12H16ClNO4S/c13-5-8-19(17,18)7-2-6-14-11-4-1-3-10(9-11)12(15)16/h1,3-4,9,14H,2,5-8H2,(H,15,16). The van der Waals surface area contributed by atoms with Crippen LogP contribution >= 0.6 is 11.6 Å². The van der Waals surface area contributed by atoms with Gasteiger partial charge >= 0.3 is 5.97 Å². The maximum atomic E-state index is 11.4. The number of benzene rings is 1. The molecule has 0 saturated heterocycles. The Morgan fingerprint density at radius 1 is 1.32 bits per heavy atom. The Bertz CT molecular complexity index is 530. The molecule has 0 radical (unpaired) electrons. The molecule has 0 aliphatic carbocycles. The van der Waals surface area contributed by atoms with Crippen LogP contribution in [0.1, 0.15) is 16.8 Å². The number of carboxylic acids is 1. The SMILES string of the molecule is O=C(O)c1cccc(NCCCS(=O)(=O)CCCl)c1. The summed E-state index contributed by atoms with van der Waals surface area (Å²) in [4.78, 5) is 10.8. The van der Waals surface area contributed by atoms with Crippen LogP contribution in [0, 0.1) is 0 Å². The Hall–Kier alpha value is -1.27. The summed E-state index contributed by atoms with van der Waals surface area (Å²) in [5.74, 6) is -0.821. The summed E-state index contributed by atoms with van der Waals surface area (Å²) < 4.78 is 22.8. The van der Waals surface area contributed by atoms with E-state index in [0.29, 0.717) is 18.7 Å². The van der Waals surface area contributed by atoms with Crippen molar-refractivity contribution in [1.29, 1.82) is 0 Å². The molecule has 106 valence electrons. The first-order valence-electron chi connectivity index (χ1n) is 5.78. The zero-order valence-electron chi connectivity index (χ0n) is 10.3. The molecule has 0 fully saturated rings. The van der Waals surface area contributed by atoms with Crippen molar-refractivity contribution in [3.05, 3.63) is 29.8 Å². The van der Waals surface area contributed by atoms with Gasteiger partial charge in [0.25, 0.3) is 0 Å². The minimum absolute atomic E-state index is 0.0109. The minimum Gasteiger partial charge on any atom is -0.478 e. The number of sulfone groups is 1. The average Bonchev–Trinajstić information content (AvgIpc) is 2.35. The molecule has 0 spiro atoms. The lowest BCUT2D eigenvalue weighted by atomic mass is 10.2. The Morgan fingerprint density at radius 3 is 2.68 bits per heavy atom. The zero-order chi connectivity index (χ0) is 14.3. The summed E-state index contributed by atoms with van der Waals surface area (Å²) in [5.41, 5.74) is 0.856. The lowest BCUT2D eigenvalue weighted by molar-refractivity contribution is 0.0697. The van der Waals surface area contributed by atoms with E-state index in [1.165, 1.54) is 12.1 Å². The smallest absolute Gasteiger partial charge is 0.335 e. The maximum absolute atomic E-state index is 11.4. The van der Waals surface area contributed by atoms with E-state index in [1.807, 2.05) is 0 Å². The third-order valence-electron chi connectivity index (χ3n) is 2.46.